The number of piperazine rings is 1. The molecule has 1 N–H and O–H groups in total. The van der Waals surface area contributed by atoms with E-state index in [1.807, 2.05) is 6.07 Å². The van der Waals surface area contributed by atoms with Crippen LogP contribution in [0, 0.1) is 12.7 Å². The van der Waals surface area contributed by atoms with Crippen molar-refractivity contribution in [3.63, 3.8) is 0 Å². The third-order valence-corrected chi connectivity index (χ3v) is 8.39. The number of Topliss-reactive ketones (excluding diaryl/α,β-unsaturated/α-hetero) is 1. The van der Waals surface area contributed by atoms with Gasteiger partial charge >= 0.3 is 6.18 Å². The summed E-state index contributed by atoms with van der Waals surface area (Å²) in [6, 6.07) is 4.72. The van der Waals surface area contributed by atoms with E-state index < -0.39 is 17.6 Å². The Balaban J connectivity index is 1.43. The lowest BCUT2D eigenvalue weighted by Gasteiger charge is -2.35. The first-order valence-electron chi connectivity index (χ1n) is 13.7. The zero-order chi connectivity index (χ0) is 29.3. The number of rotatable bonds is 8. The van der Waals surface area contributed by atoms with E-state index in [0.717, 1.165) is 55.3 Å². The summed E-state index contributed by atoms with van der Waals surface area (Å²) in [4.78, 5) is 32.5. The number of carbonyl (C=O) groups is 1. The van der Waals surface area contributed by atoms with Crippen molar-refractivity contribution in [2.45, 2.75) is 52.4 Å². The number of benzene rings is 1. The Hall–Kier alpha value is -3.16. The molecular weight excluding hydrogens is 558 g/mol. The average molecular weight is 592 g/mol. The molecule has 0 saturated carbocycles. The van der Waals surface area contributed by atoms with Gasteiger partial charge in [0.1, 0.15) is 29.1 Å². The number of thiazole rings is 1. The standard InChI is InChI=1S/C28H33F4N7OS/c1-17-5-4-6-39(17)16-23-26(20-11-21(28(30,31)32)13-22(29)12-20)36-27(41-23)35-24-14-25(34-19(3)33-24)38-9-7-37(8-10-38)15-18(2)40/h11-14,17H,4-10,15-16H2,1-3H3,(H,33,34,35,36)/t17-/m1/s1. The van der Waals surface area contributed by atoms with Crippen molar-refractivity contribution in [2.75, 3.05) is 49.5 Å². The predicted octanol–water partition coefficient (Wildman–Crippen LogP) is 5.51. The summed E-state index contributed by atoms with van der Waals surface area (Å²) in [7, 11) is 0. The first kappa shape index (κ1) is 29.3. The Morgan fingerprint density at radius 1 is 1.07 bits per heavy atom. The number of halogens is 4. The second kappa shape index (κ2) is 12.0. The van der Waals surface area contributed by atoms with Gasteiger partial charge in [0.25, 0.3) is 0 Å². The number of hydrogen-bond donors (Lipinski definition) is 1. The number of nitrogens with zero attached hydrogens (tertiary/aromatic N) is 6. The summed E-state index contributed by atoms with van der Waals surface area (Å²) in [6.45, 7) is 10.2. The van der Waals surface area contributed by atoms with Crippen LogP contribution in [0.4, 0.5) is 34.3 Å². The third-order valence-electron chi connectivity index (χ3n) is 7.44. The van der Waals surface area contributed by atoms with Crippen molar-refractivity contribution in [3.05, 3.63) is 46.3 Å². The minimum Gasteiger partial charge on any atom is -0.354 e. The highest BCUT2D eigenvalue weighted by Gasteiger charge is 2.32. The molecule has 2 aliphatic heterocycles. The average Bonchev–Trinajstić information content (AvgIpc) is 3.48. The predicted molar refractivity (Wildman–Crippen MR) is 151 cm³/mol. The van der Waals surface area contributed by atoms with E-state index in [1.54, 1.807) is 13.8 Å². The Morgan fingerprint density at radius 3 is 2.49 bits per heavy atom. The lowest BCUT2D eigenvalue weighted by Crippen LogP contribution is -2.48. The molecule has 0 radical (unpaired) electrons. The highest BCUT2D eigenvalue weighted by molar-refractivity contribution is 7.16. The molecule has 0 unspecified atom stereocenters. The molecule has 41 heavy (non-hydrogen) atoms. The molecule has 0 bridgehead atoms. The van der Waals surface area contributed by atoms with Crippen LogP contribution in [-0.4, -0.2) is 75.8 Å². The van der Waals surface area contributed by atoms with Gasteiger partial charge in [-0.15, -0.1) is 0 Å². The Morgan fingerprint density at radius 2 is 1.83 bits per heavy atom. The smallest absolute Gasteiger partial charge is 0.354 e. The van der Waals surface area contributed by atoms with Crippen molar-refractivity contribution in [1.82, 2.24) is 24.8 Å². The van der Waals surface area contributed by atoms with Crippen LogP contribution in [0.3, 0.4) is 0 Å². The Bertz CT molecular complexity index is 1400. The van der Waals surface area contributed by atoms with Crippen LogP contribution < -0.4 is 10.2 Å². The molecule has 1 atom stereocenters. The van der Waals surface area contributed by atoms with Gasteiger partial charge in [-0.05, 0) is 58.4 Å². The van der Waals surface area contributed by atoms with E-state index in [2.05, 4.69) is 41.9 Å². The van der Waals surface area contributed by atoms with Gasteiger partial charge in [-0.3, -0.25) is 14.6 Å². The Labute approximate surface area is 240 Å². The number of alkyl halides is 3. The molecule has 4 heterocycles. The van der Waals surface area contributed by atoms with E-state index >= 15 is 0 Å². The molecule has 13 heteroatoms. The van der Waals surface area contributed by atoms with Crippen molar-refractivity contribution in [2.24, 2.45) is 0 Å². The normalized spacial score (nSPS) is 18.7. The SMILES string of the molecule is CC(=O)CN1CCN(c2cc(Nc3nc(-c4cc(F)cc(C(F)(F)F)c4)c(CN4CCC[C@H]4C)s3)nc(C)n2)CC1. The highest BCUT2D eigenvalue weighted by atomic mass is 32.1. The van der Waals surface area contributed by atoms with Crippen molar-refractivity contribution >= 4 is 33.9 Å². The van der Waals surface area contributed by atoms with E-state index in [4.69, 9.17) is 0 Å². The van der Waals surface area contributed by atoms with Gasteiger partial charge in [-0.1, -0.05) is 11.3 Å². The number of anilines is 3. The first-order valence-corrected chi connectivity index (χ1v) is 14.5. The summed E-state index contributed by atoms with van der Waals surface area (Å²) >= 11 is 1.33. The maximum Gasteiger partial charge on any atom is 0.416 e. The van der Waals surface area contributed by atoms with Crippen LogP contribution in [0.1, 0.15) is 43.0 Å². The lowest BCUT2D eigenvalue weighted by atomic mass is 10.1. The molecule has 2 aromatic heterocycles. The molecule has 0 amide bonds. The van der Waals surface area contributed by atoms with E-state index in [0.29, 0.717) is 60.8 Å². The fraction of sp³-hybridized carbons (Fsp3) is 0.500. The summed E-state index contributed by atoms with van der Waals surface area (Å²) in [5.41, 5.74) is -0.629. The maximum absolute atomic E-state index is 14.4. The van der Waals surface area contributed by atoms with Gasteiger partial charge in [0, 0.05) is 55.3 Å². The zero-order valence-electron chi connectivity index (χ0n) is 23.3. The summed E-state index contributed by atoms with van der Waals surface area (Å²) < 4.78 is 54.9. The third kappa shape index (κ3) is 7.19. The summed E-state index contributed by atoms with van der Waals surface area (Å²) in [5, 5.41) is 3.68. The second-order valence-electron chi connectivity index (χ2n) is 10.7. The minimum absolute atomic E-state index is 0.0893. The number of nitrogens with one attached hydrogen (secondary N) is 1. The molecule has 0 aliphatic carbocycles. The molecule has 8 nitrogen and oxygen atoms in total. The molecular formula is C28H33F4N7OS. The van der Waals surface area contributed by atoms with Crippen LogP contribution in [0.15, 0.2) is 24.3 Å². The number of likely N-dealkylation sites (tertiary alicyclic amines) is 1. The quantitative estimate of drug-likeness (QED) is 0.344. The van der Waals surface area contributed by atoms with E-state index in [-0.39, 0.29) is 11.3 Å². The molecule has 220 valence electrons. The van der Waals surface area contributed by atoms with Crippen molar-refractivity contribution in [3.8, 4) is 11.3 Å². The van der Waals surface area contributed by atoms with Crippen molar-refractivity contribution < 1.29 is 22.4 Å². The Kier molecular flexibility index (Phi) is 8.57. The van der Waals surface area contributed by atoms with Crippen LogP contribution >= 0.6 is 11.3 Å². The van der Waals surface area contributed by atoms with Gasteiger partial charge in [0.2, 0.25) is 0 Å². The zero-order valence-corrected chi connectivity index (χ0v) is 24.1. The monoisotopic (exact) mass is 591 g/mol. The van der Waals surface area contributed by atoms with E-state index in [1.165, 1.54) is 11.3 Å². The first-order chi connectivity index (χ1) is 19.4. The van der Waals surface area contributed by atoms with Gasteiger partial charge in [-0.2, -0.15) is 13.2 Å². The number of carbonyl (C=O) groups excluding carboxylic acids is 1. The van der Waals surface area contributed by atoms with Crippen LogP contribution in [0.2, 0.25) is 0 Å². The second-order valence-corrected chi connectivity index (χ2v) is 11.8. The number of aryl methyl sites for hydroxylation is 1. The van der Waals surface area contributed by atoms with Gasteiger partial charge in [0.05, 0.1) is 17.8 Å². The summed E-state index contributed by atoms with van der Waals surface area (Å²) in [6.07, 6.45) is -2.59. The van der Waals surface area contributed by atoms with Crippen LogP contribution in [0.25, 0.3) is 11.3 Å². The topological polar surface area (TPSA) is 77.5 Å². The number of hydrogen-bond acceptors (Lipinski definition) is 9. The molecule has 1 aromatic carbocycles. The summed E-state index contributed by atoms with van der Waals surface area (Å²) in [5.74, 6) is 0.981. The van der Waals surface area contributed by atoms with Gasteiger partial charge < -0.3 is 10.2 Å². The minimum atomic E-state index is -4.68. The van der Waals surface area contributed by atoms with Crippen molar-refractivity contribution in [1.29, 1.82) is 0 Å². The van der Waals surface area contributed by atoms with Gasteiger partial charge in [0.15, 0.2) is 5.13 Å². The largest absolute Gasteiger partial charge is 0.416 e. The van der Waals surface area contributed by atoms with Crippen LogP contribution in [0.5, 0.6) is 0 Å². The molecule has 0 spiro atoms. The number of aromatic nitrogens is 3. The lowest BCUT2D eigenvalue weighted by molar-refractivity contribution is -0.137. The van der Waals surface area contributed by atoms with Crippen LogP contribution in [-0.2, 0) is 17.5 Å². The van der Waals surface area contributed by atoms with E-state index in [9.17, 15) is 22.4 Å². The molecule has 5 rings (SSSR count). The van der Waals surface area contributed by atoms with Gasteiger partial charge in [-0.25, -0.2) is 19.3 Å². The maximum atomic E-state index is 14.4. The number of ketones is 1. The molecule has 2 aliphatic rings. The highest BCUT2D eigenvalue weighted by Crippen LogP contribution is 2.38. The fourth-order valence-corrected chi connectivity index (χ4v) is 6.39. The molecule has 2 fully saturated rings. The fourth-order valence-electron chi connectivity index (χ4n) is 5.38. The molecule has 2 saturated heterocycles. The molecule has 3 aromatic rings.